The van der Waals surface area contributed by atoms with E-state index >= 15 is 0 Å². The number of fused-ring (bicyclic) bond motifs is 1. The summed E-state index contributed by atoms with van der Waals surface area (Å²) in [6.07, 6.45) is 2.03. The van der Waals surface area contributed by atoms with Gasteiger partial charge in [-0.05, 0) is 30.0 Å². The number of ether oxygens (including phenoxy) is 2. The average Bonchev–Trinajstić information content (AvgIpc) is 2.53. The number of alkyl halides is 1. The molecule has 0 fully saturated rings. The first kappa shape index (κ1) is 11.8. The van der Waals surface area contributed by atoms with Gasteiger partial charge in [0.2, 0.25) is 0 Å². The van der Waals surface area contributed by atoms with E-state index in [9.17, 15) is 0 Å². The summed E-state index contributed by atoms with van der Waals surface area (Å²) in [7, 11) is 0. The van der Waals surface area contributed by atoms with Crippen molar-refractivity contribution in [3.63, 3.8) is 0 Å². The highest BCUT2D eigenvalue weighted by atomic mass is 79.9. The van der Waals surface area contributed by atoms with Crippen molar-refractivity contribution in [3.05, 3.63) is 23.8 Å². The molecule has 2 rings (SSSR count). The molecule has 0 aromatic heterocycles. The van der Waals surface area contributed by atoms with Gasteiger partial charge in [0.1, 0.15) is 0 Å². The summed E-state index contributed by atoms with van der Waals surface area (Å²) in [5.74, 6) is 2.43. The van der Waals surface area contributed by atoms with Crippen molar-refractivity contribution >= 4 is 15.9 Å². The first-order chi connectivity index (χ1) is 7.79. The van der Waals surface area contributed by atoms with E-state index < -0.39 is 0 Å². The minimum absolute atomic E-state index is 0.643. The van der Waals surface area contributed by atoms with Gasteiger partial charge in [0.05, 0.1) is 13.2 Å². The summed E-state index contributed by atoms with van der Waals surface area (Å²) in [6.45, 7) is 3.74. The molecule has 2 nitrogen and oxygen atoms in total. The van der Waals surface area contributed by atoms with Gasteiger partial charge in [0.15, 0.2) is 11.5 Å². The van der Waals surface area contributed by atoms with Gasteiger partial charge < -0.3 is 9.47 Å². The Bertz CT molecular complexity index is 352. The quantitative estimate of drug-likeness (QED) is 0.792. The van der Waals surface area contributed by atoms with Gasteiger partial charge >= 0.3 is 0 Å². The van der Waals surface area contributed by atoms with Gasteiger partial charge in [-0.2, -0.15) is 0 Å². The first-order valence-electron chi connectivity index (χ1n) is 5.74. The molecule has 1 aromatic rings. The van der Waals surface area contributed by atoms with Crippen LogP contribution in [0.2, 0.25) is 0 Å². The van der Waals surface area contributed by atoms with Gasteiger partial charge in [0.25, 0.3) is 0 Å². The second kappa shape index (κ2) is 5.58. The van der Waals surface area contributed by atoms with Crippen LogP contribution in [0, 0.1) is 5.92 Å². The highest BCUT2D eigenvalue weighted by Gasteiger charge is 2.11. The minimum Gasteiger partial charge on any atom is -0.490 e. The minimum atomic E-state index is 0.643. The van der Waals surface area contributed by atoms with Gasteiger partial charge in [-0.25, -0.2) is 0 Å². The zero-order chi connectivity index (χ0) is 11.4. The third kappa shape index (κ3) is 2.91. The third-order valence-electron chi connectivity index (χ3n) is 2.66. The SMILES string of the molecule is CC(CBr)Cc1ccc2c(c1)OCCCO2. The van der Waals surface area contributed by atoms with E-state index in [1.807, 2.05) is 6.07 Å². The maximum atomic E-state index is 5.67. The molecule has 0 N–H and O–H groups in total. The lowest BCUT2D eigenvalue weighted by Crippen LogP contribution is -2.01. The van der Waals surface area contributed by atoms with Crippen LogP contribution in [0.25, 0.3) is 0 Å². The molecule has 0 radical (unpaired) electrons. The highest BCUT2D eigenvalue weighted by Crippen LogP contribution is 2.31. The number of rotatable bonds is 3. The predicted molar refractivity (Wildman–Crippen MR) is 68.7 cm³/mol. The predicted octanol–water partition coefficient (Wildman–Crippen LogP) is 3.42. The molecule has 0 amide bonds. The van der Waals surface area contributed by atoms with Crippen molar-refractivity contribution in [2.24, 2.45) is 5.92 Å². The Labute approximate surface area is 105 Å². The molecule has 0 aliphatic carbocycles. The molecule has 0 bridgehead atoms. The fraction of sp³-hybridized carbons (Fsp3) is 0.538. The van der Waals surface area contributed by atoms with Crippen molar-refractivity contribution in [2.75, 3.05) is 18.5 Å². The summed E-state index contributed by atoms with van der Waals surface area (Å²) in [4.78, 5) is 0. The van der Waals surface area contributed by atoms with E-state index in [1.54, 1.807) is 0 Å². The molecule has 1 heterocycles. The number of halogens is 1. The van der Waals surface area contributed by atoms with E-state index in [4.69, 9.17) is 9.47 Å². The van der Waals surface area contributed by atoms with E-state index in [1.165, 1.54) is 5.56 Å². The molecule has 0 saturated carbocycles. The molecule has 1 aliphatic heterocycles. The topological polar surface area (TPSA) is 18.5 Å². The van der Waals surface area contributed by atoms with Crippen LogP contribution in [-0.4, -0.2) is 18.5 Å². The summed E-state index contributed by atoms with van der Waals surface area (Å²) >= 11 is 3.50. The van der Waals surface area contributed by atoms with Crippen LogP contribution in [0.4, 0.5) is 0 Å². The van der Waals surface area contributed by atoms with Crippen LogP contribution in [0.5, 0.6) is 11.5 Å². The molecule has 1 atom stereocenters. The molecular weight excluding hydrogens is 268 g/mol. The Morgan fingerprint density at radius 1 is 1.25 bits per heavy atom. The molecule has 88 valence electrons. The molecular formula is C13H17BrO2. The molecule has 0 saturated heterocycles. The van der Waals surface area contributed by atoms with Crippen LogP contribution < -0.4 is 9.47 Å². The summed E-state index contributed by atoms with van der Waals surface area (Å²) in [5.41, 5.74) is 1.32. The van der Waals surface area contributed by atoms with Crippen molar-refractivity contribution < 1.29 is 9.47 Å². The zero-order valence-corrected chi connectivity index (χ0v) is 11.1. The van der Waals surface area contributed by atoms with Gasteiger partial charge in [0, 0.05) is 11.8 Å². The van der Waals surface area contributed by atoms with Crippen molar-refractivity contribution in [1.29, 1.82) is 0 Å². The fourth-order valence-corrected chi connectivity index (χ4v) is 2.02. The van der Waals surface area contributed by atoms with Gasteiger partial charge in [-0.3, -0.25) is 0 Å². The Morgan fingerprint density at radius 2 is 2.00 bits per heavy atom. The monoisotopic (exact) mass is 284 g/mol. The molecule has 1 aromatic carbocycles. The Hall–Kier alpha value is -0.700. The number of benzene rings is 1. The van der Waals surface area contributed by atoms with E-state index in [2.05, 4.69) is 35.0 Å². The second-order valence-electron chi connectivity index (χ2n) is 4.30. The first-order valence-corrected chi connectivity index (χ1v) is 6.86. The van der Waals surface area contributed by atoms with Crippen molar-refractivity contribution in [3.8, 4) is 11.5 Å². The summed E-state index contributed by atoms with van der Waals surface area (Å²) in [5, 5.41) is 1.03. The highest BCUT2D eigenvalue weighted by molar-refractivity contribution is 9.09. The summed E-state index contributed by atoms with van der Waals surface area (Å²) in [6, 6.07) is 6.27. The van der Waals surface area contributed by atoms with Gasteiger partial charge in [-0.1, -0.05) is 28.9 Å². The second-order valence-corrected chi connectivity index (χ2v) is 4.94. The van der Waals surface area contributed by atoms with Crippen LogP contribution >= 0.6 is 15.9 Å². The van der Waals surface area contributed by atoms with Crippen molar-refractivity contribution in [2.45, 2.75) is 19.8 Å². The van der Waals surface area contributed by atoms with Crippen LogP contribution in [0.3, 0.4) is 0 Å². The normalized spacial score (nSPS) is 16.6. The zero-order valence-electron chi connectivity index (χ0n) is 9.54. The Morgan fingerprint density at radius 3 is 2.75 bits per heavy atom. The smallest absolute Gasteiger partial charge is 0.161 e. The lowest BCUT2D eigenvalue weighted by molar-refractivity contribution is 0.297. The van der Waals surface area contributed by atoms with E-state index in [0.717, 1.165) is 42.9 Å². The maximum absolute atomic E-state index is 5.67. The van der Waals surface area contributed by atoms with Crippen LogP contribution in [0.15, 0.2) is 18.2 Å². The molecule has 3 heteroatoms. The fourth-order valence-electron chi connectivity index (χ4n) is 1.79. The lowest BCUT2D eigenvalue weighted by atomic mass is 10.0. The van der Waals surface area contributed by atoms with Crippen molar-refractivity contribution in [1.82, 2.24) is 0 Å². The lowest BCUT2D eigenvalue weighted by Gasteiger charge is -2.11. The summed E-state index contributed by atoms with van der Waals surface area (Å²) < 4.78 is 11.3. The van der Waals surface area contributed by atoms with Crippen LogP contribution in [-0.2, 0) is 6.42 Å². The molecule has 0 spiro atoms. The Balaban J connectivity index is 2.14. The average molecular weight is 285 g/mol. The Kier molecular flexibility index (Phi) is 4.10. The van der Waals surface area contributed by atoms with Crippen LogP contribution in [0.1, 0.15) is 18.9 Å². The molecule has 1 aliphatic rings. The number of hydrogen-bond acceptors (Lipinski definition) is 2. The van der Waals surface area contributed by atoms with E-state index in [0.29, 0.717) is 5.92 Å². The standard InChI is InChI=1S/C13H17BrO2/c1-10(9-14)7-11-3-4-12-13(8-11)16-6-2-5-15-12/h3-4,8,10H,2,5-7,9H2,1H3. The largest absolute Gasteiger partial charge is 0.490 e. The maximum Gasteiger partial charge on any atom is 0.161 e. The third-order valence-corrected chi connectivity index (χ3v) is 3.76. The molecule has 1 unspecified atom stereocenters. The molecule has 16 heavy (non-hydrogen) atoms. The number of hydrogen-bond donors (Lipinski definition) is 0. The van der Waals surface area contributed by atoms with Gasteiger partial charge in [-0.15, -0.1) is 0 Å². The van der Waals surface area contributed by atoms with E-state index in [-0.39, 0.29) is 0 Å².